The van der Waals surface area contributed by atoms with Crippen LogP contribution in [0.2, 0.25) is 10.0 Å². The summed E-state index contributed by atoms with van der Waals surface area (Å²) >= 11 is 12.1. The molecular formula is C16H25Cl2N. The van der Waals surface area contributed by atoms with Crippen molar-refractivity contribution in [3.05, 3.63) is 33.8 Å². The Balaban J connectivity index is 2.06. The minimum atomic E-state index is 0.745. The number of hydrogen-bond acceptors (Lipinski definition) is 1. The molecule has 19 heavy (non-hydrogen) atoms. The Morgan fingerprint density at radius 2 is 1.79 bits per heavy atom. The van der Waals surface area contributed by atoms with E-state index >= 15 is 0 Å². The van der Waals surface area contributed by atoms with Gasteiger partial charge in [0.05, 0.1) is 0 Å². The van der Waals surface area contributed by atoms with Crippen LogP contribution in [-0.4, -0.2) is 6.54 Å². The number of benzene rings is 1. The first-order chi connectivity index (χ1) is 9.09. The largest absolute Gasteiger partial charge is 0.313 e. The third-order valence-corrected chi connectivity index (χ3v) is 3.81. The summed E-state index contributed by atoms with van der Waals surface area (Å²) in [6.45, 7) is 6.42. The van der Waals surface area contributed by atoms with Gasteiger partial charge in [0.25, 0.3) is 0 Å². The summed E-state index contributed by atoms with van der Waals surface area (Å²) in [5, 5.41) is 4.96. The average molecular weight is 302 g/mol. The van der Waals surface area contributed by atoms with Gasteiger partial charge in [0, 0.05) is 16.6 Å². The Morgan fingerprint density at radius 1 is 1.05 bits per heavy atom. The van der Waals surface area contributed by atoms with Gasteiger partial charge in [0.1, 0.15) is 0 Å². The Morgan fingerprint density at radius 3 is 2.53 bits per heavy atom. The highest BCUT2D eigenvalue weighted by Crippen LogP contribution is 2.20. The summed E-state index contributed by atoms with van der Waals surface area (Å²) in [6.07, 6.45) is 6.60. The minimum Gasteiger partial charge on any atom is -0.313 e. The van der Waals surface area contributed by atoms with Gasteiger partial charge in [-0.25, -0.2) is 0 Å². The summed E-state index contributed by atoms with van der Waals surface area (Å²) in [7, 11) is 0. The molecule has 0 fully saturated rings. The minimum absolute atomic E-state index is 0.745. The fourth-order valence-electron chi connectivity index (χ4n) is 2.06. The molecule has 0 aliphatic rings. The zero-order valence-corrected chi connectivity index (χ0v) is 13.5. The van der Waals surface area contributed by atoms with E-state index in [4.69, 9.17) is 23.2 Å². The molecule has 1 rings (SSSR count). The van der Waals surface area contributed by atoms with Crippen molar-refractivity contribution in [2.75, 3.05) is 6.54 Å². The smallest absolute Gasteiger partial charge is 0.0451 e. The van der Waals surface area contributed by atoms with Gasteiger partial charge < -0.3 is 5.32 Å². The van der Waals surface area contributed by atoms with E-state index in [0.29, 0.717) is 0 Å². The van der Waals surface area contributed by atoms with Crippen molar-refractivity contribution in [3.8, 4) is 0 Å². The number of halogens is 2. The molecule has 0 heterocycles. The molecule has 0 saturated heterocycles. The van der Waals surface area contributed by atoms with E-state index < -0.39 is 0 Å². The molecule has 0 aliphatic heterocycles. The summed E-state index contributed by atoms with van der Waals surface area (Å²) in [5.41, 5.74) is 1.08. The maximum atomic E-state index is 6.11. The molecule has 0 aliphatic carbocycles. The molecule has 1 aromatic rings. The number of rotatable bonds is 9. The monoisotopic (exact) mass is 301 g/mol. The van der Waals surface area contributed by atoms with Gasteiger partial charge in [-0.1, -0.05) is 62.7 Å². The highest BCUT2D eigenvalue weighted by molar-refractivity contribution is 6.33. The van der Waals surface area contributed by atoms with Crippen LogP contribution in [0, 0.1) is 5.92 Å². The number of nitrogens with one attached hydrogen (secondary N) is 1. The van der Waals surface area contributed by atoms with Gasteiger partial charge in [0.2, 0.25) is 0 Å². The van der Waals surface area contributed by atoms with E-state index in [9.17, 15) is 0 Å². The predicted molar refractivity (Wildman–Crippen MR) is 86.1 cm³/mol. The summed E-state index contributed by atoms with van der Waals surface area (Å²) in [6, 6.07) is 5.61. The van der Waals surface area contributed by atoms with Gasteiger partial charge >= 0.3 is 0 Å². The van der Waals surface area contributed by atoms with Crippen molar-refractivity contribution < 1.29 is 0 Å². The van der Waals surface area contributed by atoms with Crippen molar-refractivity contribution in [2.24, 2.45) is 5.92 Å². The predicted octanol–water partition coefficient (Wildman–Crippen LogP) is 5.69. The van der Waals surface area contributed by atoms with E-state index in [1.165, 1.54) is 32.1 Å². The first-order valence-corrected chi connectivity index (χ1v) is 8.00. The van der Waals surface area contributed by atoms with Crippen LogP contribution < -0.4 is 5.32 Å². The second-order valence-corrected chi connectivity index (χ2v) is 6.35. The molecule has 0 radical (unpaired) electrons. The van der Waals surface area contributed by atoms with E-state index in [2.05, 4.69) is 19.2 Å². The number of hydrogen-bond donors (Lipinski definition) is 1. The molecule has 0 atom stereocenters. The molecule has 0 saturated carbocycles. The zero-order valence-electron chi connectivity index (χ0n) is 12.0. The first kappa shape index (κ1) is 16.8. The van der Waals surface area contributed by atoms with Crippen LogP contribution in [0.4, 0.5) is 0 Å². The highest BCUT2D eigenvalue weighted by atomic mass is 35.5. The van der Waals surface area contributed by atoms with E-state index in [-0.39, 0.29) is 0 Å². The third kappa shape index (κ3) is 7.81. The molecular weight excluding hydrogens is 277 g/mol. The second kappa shape index (κ2) is 9.63. The normalized spacial score (nSPS) is 11.2. The van der Waals surface area contributed by atoms with Crippen molar-refractivity contribution in [3.63, 3.8) is 0 Å². The molecule has 0 spiro atoms. The third-order valence-electron chi connectivity index (χ3n) is 3.21. The Labute approximate surface area is 127 Å². The van der Waals surface area contributed by atoms with E-state index in [0.717, 1.165) is 34.6 Å². The quantitative estimate of drug-likeness (QED) is 0.578. The van der Waals surface area contributed by atoms with Crippen LogP contribution in [0.3, 0.4) is 0 Å². The van der Waals surface area contributed by atoms with E-state index in [1.54, 1.807) is 0 Å². The van der Waals surface area contributed by atoms with Crippen molar-refractivity contribution >= 4 is 23.2 Å². The van der Waals surface area contributed by atoms with Gasteiger partial charge in [-0.2, -0.15) is 0 Å². The molecule has 1 N–H and O–H groups in total. The van der Waals surface area contributed by atoms with Crippen molar-refractivity contribution in [1.29, 1.82) is 0 Å². The summed E-state index contributed by atoms with van der Waals surface area (Å²) in [4.78, 5) is 0. The summed E-state index contributed by atoms with van der Waals surface area (Å²) < 4.78 is 0. The van der Waals surface area contributed by atoms with Gasteiger partial charge in [-0.05, 0) is 42.6 Å². The molecule has 3 heteroatoms. The Hall–Kier alpha value is -0.240. The lowest BCUT2D eigenvalue weighted by Crippen LogP contribution is -2.14. The maximum absolute atomic E-state index is 6.11. The number of unbranched alkanes of at least 4 members (excludes halogenated alkanes) is 3. The van der Waals surface area contributed by atoms with Crippen LogP contribution in [-0.2, 0) is 6.54 Å². The lowest BCUT2D eigenvalue weighted by atomic mass is 10.0. The first-order valence-electron chi connectivity index (χ1n) is 7.24. The zero-order chi connectivity index (χ0) is 14.1. The van der Waals surface area contributed by atoms with Crippen LogP contribution in [0.25, 0.3) is 0 Å². The highest BCUT2D eigenvalue weighted by Gasteiger charge is 2.00. The Kier molecular flexibility index (Phi) is 8.52. The molecule has 0 amide bonds. The molecule has 0 bridgehead atoms. The molecule has 0 aromatic heterocycles. The molecule has 0 unspecified atom stereocenters. The van der Waals surface area contributed by atoms with Crippen LogP contribution >= 0.6 is 23.2 Å². The fourth-order valence-corrected chi connectivity index (χ4v) is 2.44. The lowest BCUT2D eigenvalue weighted by molar-refractivity contribution is 0.512. The molecule has 1 aromatic carbocycles. The Bertz CT molecular complexity index is 364. The van der Waals surface area contributed by atoms with Gasteiger partial charge in [-0.3, -0.25) is 0 Å². The topological polar surface area (TPSA) is 12.0 Å². The van der Waals surface area contributed by atoms with Crippen molar-refractivity contribution in [1.82, 2.24) is 5.32 Å². The summed E-state index contributed by atoms with van der Waals surface area (Å²) in [5.74, 6) is 0.836. The average Bonchev–Trinajstić information content (AvgIpc) is 2.36. The SMILES string of the molecule is CC(C)CCCCCCNCc1cc(Cl)ccc1Cl. The van der Waals surface area contributed by atoms with E-state index in [1.807, 2.05) is 18.2 Å². The van der Waals surface area contributed by atoms with Gasteiger partial charge in [-0.15, -0.1) is 0 Å². The fraction of sp³-hybridized carbons (Fsp3) is 0.625. The maximum Gasteiger partial charge on any atom is 0.0451 e. The second-order valence-electron chi connectivity index (χ2n) is 5.51. The van der Waals surface area contributed by atoms with Crippen LogP contribution in [0.15, 0.2) is 18.2 Å². The van der Waals surface area contributed by atoms with Crippen LogP contribution in [0.1, 0.15) is 51.5 Å². The molecule has 1 nitrogen and oxygen atoms in total. The van der Waals surface area contributed by atoms with Gasteiger partial charge in [0.15, 0.2) is 0 Å². The lowest BCUT2D eigenvalue weighted by Gasteiger charge is -2.08. The van der Waals surface area contributed by atoms with Crippen molar-refractivity contribution in [2.45, 2.75) is 52.5 Å². The standard InChI is InChI=1S/C16H25Cl2N/c1-13(2)7-5-3-4-6-10-19-12-14-11-15(17)8-9-16(14)18/h8-9,11,13,19H,3-7,10,12H2,1-2H3. The van der Waals surface area contributed by atoms with Crippen LogP contribution in [0.5, 0.6) is 0 Å². The molecule has 108 valence electrons.